The lowest BCUT2D eigenvalue weighted by Crippen LogP contribution is -2.21. The number of hydrogen-bond acceptors (Lipinski definition) is 3. The van der Waals surface area contributed by atoms with Crippen molar-refractivity contribution in [3.8, 4) is 5.75 Å². The first-order chi connectivity index (χ1) is 10.7. The van der Waals surface area contributed by atoms with Gasteiger partial charge in [0, 0.05) is 22.5 Å². The zero-order valence-corrected chi connectivity index (χ0v) is 12.8. The Bertz CT molecular complexity index is 659. The third-order valence-electron chi connectivity index (χ3n) is 2.76. The molecule has 1 amide bonds. The van der Waals surface area contributed by atoms with Crippen molar-refractivity contribution in [3.63, 3.8) is 0 Å². The molecule has 0 aliphatic heterocycles. The van der Waals surface area contributed by atoms with Crippen LogP contribution >= 0.6 is 11.6 Å². The summed E-state index contributed by atoms with van der Waals surface area (Å²) >= 11 is 5.87. The van der Waals surface area contributed by atoms with Crippen molar-refractivity contribution in [2.24, 2.45) is 0 Å². The lowest BCUT2D eigenvalue weighted by atomic mass is 10.3. The zero-order valence-electron chi connectivity index (χ0n) is 12.0. The lowest BCUT2D eigenvalue weighted by Gasteiger charge is -2.09. The third kappa shape index (κ3) is 5.14. The van der Waals surface area contributed by atoms with E-state index in [2.05, 4.69) is 17.2 Å². The molecule has 0 fully saturated rings. The maximum Gasteiger partial charge on any atom is 0.243 e. The summed E-state index contributed by atoms with van der Waals surface area (Å²) in [5.41, 5.74) is 1.48. The smallest absolute Gasteiger partial charge is 0.243 e. The van der Waals surface area contributed by atoms with Gasteiger partial charge in [-0.15, -0.1) is 0 Å². The highest BCUT2D eigenvalue weighted by Crippen LogP contribution is 2.17. The molecule has 0 spiro atoms. The number of anilines is 2. The Labute approximate surface area is 134 Å². The summed E-state index contributed by atoms with van der Waals surface area (Å²) in [6.07, 6.45) is 1.68. The average Bonchev–Trinajstić information content (AvgIpc) is 2.51. The highest BCUT2D eigenvalue weighted by atomic mass is 35.5. The molecular formula is C17H17ClN2O2. The molecule has 0 aliphatic rings. The van der Waals surface area contributed by atoms with Crippen LogP contribution in [0.15, 0.2) is 61.2 Å². The number of rotatable bonds is 7. The summed E-state index contributed by atoms with van der Waals surface area (Å²) in [7, 11) is 0. The SMILES string of the molecule is C=CCOc1cccc(NCC(=O)Nc2cccc(Cl)c2)c1. The summed E-state index contributed by atoms with van der Waals surface area (Å²) in [5.74, 6) is 0.569. The minimum Gasteiger partial charge on any atom is -0.489 e. The van der Waals surface area contributed by atoms with Crippen LogP contribution in [0.4, 0.5) is 11.4 Å². The van der Waals surface area contributed by atoms with E-state index in [0.29, 0.717) is 17.3 Å². The zero-order chi connectivity index (χ0) is 15.8. The Balaban J connectivity index is 1.86. The molecule has 2 N–H and O–H groups in total. The normalized spacial score (nSPS) is 9.86. The highest BCUT2D eigenvalue weighted by Gasteiger charge is 2.03. The molecule has 0 unspecified atom stereocenters. The van der Waals surface area contributed by atoms with Gasteiger partial charge in [-0.3, -0.25) is 4.79 Å². The van der Waals surface area contributed by atoms with Crippen molar-refractivity contribution >= 4 is 28.9 Å². The van der Waals surface area contributed by atoms with Crippen molar-refractivity contribution in [1.29, 1.82) is 0 Å². The van der Waals surface area contributed by atoms with Gasteiger partial charge in [-0.2, -0.15) is 0 Å². The summed E-state index contributed by atoms with van der Waals surface area (Å²) in [4.78, 5) is 11.9. The fourth-order valence-corrected chi connectivity index (χ4v) is 2.00. The Morgan fingerprint density at radius 3 is 2.73 bits per heavy atom. The molecule has 114 valence electrons. The van der Waals surface area contributed by atoms with E-state index >= 15 is 0 Å². The van der Waals surface area contributed by atoms with E-state index in [4.69, 9.17) is 16.3 Å². The third-order valence-corrected chi connectivity index (χ3v) is 3.00. The molecule has 0 atom stereocenters. The van der Waals surface area contributed by atoms with Gasteiger partial charge in [-0.25, -0.2) is 0 Å². The van der Waals surface area contributed by atoms with Crippen molar-refractivity contribution in [1.82, 2.24) is 0 Å². The maximum absolute atomic E-state index is 11.9. The van der Waals surface area contributed by atoms with Crippen molar-refractivity contribution in [3.05, 3.63) is 66.2 Å². The van der Waals surface area contributed by atoms with E-state index in [9.17, 15) is 4.79 Å². The van der Waals surface area contributed by atoms with Crippen LogP contribution in [0.3, 0.4) is 0 Å². The second kappa shape index (κ2) is 8.10. The van der Waals surface area contributed by atoms with E-state index in [1.807, 2.05) is 24.3 Å². The van der Waals surface area contributed by atoms with Crippen LogP contribution in [0.5, 0.6) is 5.75 Å². The van der Waals surface area contributed by atoms with E-state index in [-0.39, 0.29) is 12.5 Å². The number of nitrogens with one attached hydrogen (secondary N) is 2. The molecule has 2 rings (SSSR count). The largest absolute Gasteiger partial charge is 0.489 e. The van der Waals surface area contributed by atoms with Crippen molar-refractivity contribution in [2.45, 2.75) is 0 Å². The number of amides is 1. The Morgan fingerprint density at radius 1 is 1.18 bits per heavy atom. The molecule has 2 aromatic rings. The Hall–Kier alpha value is -2.46. The average molecular weight is 317 g/mol. The van der Waals surface area contributed by atoms with Gasteiger partial charge in [0.05, 0.1) is 6.54 Å². The van der Waals surface area contributed by atoms with Crippen LogP contribution in [0.1, 0.15) is 0 Å². The quantitative estimate of drug-likeness (QED) is 0.760. The van der Waals surface area contributed by atoms with E-state index in [0.717, 1.165) is 11.4 Å². The summed E-state index contributed by atoms with van der Waals surface area (Å²) in [5, 5.41) is 6.40. The van der Waals surface area contributed by atoms with Gasteiger partial charge in [0.15, 0.2) is 0 Å². The minimum absolute atomic E-state index is 0.150. The molecule has 0 saturated carbocycles. The lowest BCUT2D eigenvalue weighted by molar-refractivity contribution is -0.114. The van der Waals surface area contributed by atoms with Crippen molar-refractivity contribution in [2.75, 3.05) is 23.8 Å². The van der Waals surface area contributed by atoms with Crippen LogP contribution in [0.2, 0.25) is 5.02 Å². The van der Waals surface area contributed by atoms with Gasteiger partial charge in [-0.05, 0) is 30.3 Å². The topological polar surface area (TPSA) is 50.4 Å². The summed E-state index contributed by atoms with van der Waals surface area (Å²) in [6, 6.07) is 14.4. The maximum atomic E-state index is 11.9. The first-order valence-electron chi connectivity index (χ1n) is 6.80. The first-order valence-corrected chi connectivity index (χ1v) is 7.18. The van der Waals surface area contributed by atoms with Gasteiger partial charge in [-0.1, -0.05) is 36.4 Å². The molecule has 2 aromatic carbocycles. The van der Waals surface area contributed by atoms with Gasteiger partial charge in [0.25, 0.3) is 0 Å². The van der Waals surface area contributed by atoms with E-state index < -0.39 is 0 Å². The standard InChI is InChI=1S/C17H17ClN2O2/c1-2-9-22-16-8-4-6-14(11-16)19-12-17(21)20-15-7-3-5-13(18)10-15/h2-8,10-11,19H,1,9,12H2,(H,20,21). The van der Waals surface area contributed by atoms with Gasteiger partial charge in [0.2, 0.25) is 5.91 Å². The molecule has 5 heteroatoms. The Kier molecular flexibility index (Phi) is 5.86. The van der Waals surface area contributed by atoms with E-state index in [1.54, 1.807) is 30.3 Å². The van der Waals surface area contributed by atoms with Crippen molar-refractivity contribution < 1.29 is 9.53 Å². The number of hydrogen-bond donors (Lipinski definition) is 2. The molecule has 0 radical (unpaired) electrons. The minimum atomic E-state index is -0.153. The van der Waals surface area contributed by atoms with Crippen LogP contribution in [-0.4, -0.2) is 19.1 Å². The van der Waals surface area contributed by atoms with Gasteiger partial charge < -0.3 is 15.4 Å². The number of benzene rings is 2. The molecular weight excluding hydrogens is 300 g/mol. The second-order valence-corrected chi connectivity index (χ2v) is 4.98. The molecule has 0 heterocycles. The first kappa shape index (κ1) is 15.9. The van der Waals surface area contributed by atoms with Gasteiger partial charge >= 0.3 is 0 Å². The molecule has 0 saturated heterocycles. The number of carbonyl (C=O) groups is 1. The van der Waals surface area contributed by atoms with Crippen LogP contribution in [0.25, 0.3) is 0 Å². The van der Waals surface area contributed by atoms with Crippen LogP contribution in [-0.2, 0) is 4.79 Å². The molecule has 22 heavy (non-hydrogen) atoms. The van der Waals surface area contributed by atoms with E-state index in [1.165, 1.54) is 0 Å². The van der Waals surface area contributed by atoms with Crippen LogP contribution in [0, 0.1) is 0 Å². The summed E-state index contributed by atoms with van der Waals surface area (Å²) in [6.45, 7) is 4.19. The predicted molar refractivity (Wildman–Crippen MR) is 90.7 cm³/mol. The summed E-state index contributed by atoms with van der Waals surface area (Å²) < 4.78 is 5.44. The molecule has 0 aliphatic carbocycles. The molecule has 4 nitrogen and oxygen atoms in total. The fraction of sp³-hybridized carbons (Fsp3) is 0.118. The van der Waals surface area contributed by atoms with Crippen LogP contribution < -0.4 is 15.4 Å². The number of carbonyl (C=O) groups excluding carboxylic acids is 1. The number of ether oxygens (including phenoxy) is 1. The molecule has 0 bridgehead atoms. The van der Waals surface area contributed by atoms with Gasteiger partial charge in [0.1, 0.15) is 12.4 Å². The number of halogens is 1. The fourth-order valence-electron chi connectivity index (χ4n) is 1.80. The Morgan fingerprint density at radius 2 is 1.95 bits per heavy atom. The second-order valence-electron chi connectivity index (χ2n) is 4.54. The molecule has 0 aromatic heterocycles. The predicted octanol–water partition coefficient (Wildman–Crippen LogP) is 3.96. The monoisotopic (exact) mass is 316 g/mol. The highest BCUT2D eigenvalue weighted by molar-refractivity contribution is 6.30.